The zero-order valence-corrected chi connectivity index (χ0v) is 12.4. The van der Waals surface area contributed by atoms with E-state index in [1.807, 2.05) is 30.3 Å². The highest BCUT2D eigenvalue weighted by atomic mass is 16.2. The molecule has 0 spiro atoms. The monoisotopic (exact) mass is 296 g/mol. The Morgan fingerprint density at radius 2 is 1.95 bits per heavy atom. The van der Waals surface area contributed by atoms with Gasteiger partial charge >= 0.3 is 6.03 Å². The third-order valence-electron chi connectivity index (χ3n) is 3.21. The smallest absolute Gasteiger partial charge is 0.243 e. The molecule has 7 heteroatoms. The first kappa shape index (κ1) is 14.1. The topological polar surface area (TPSA) is 78.5 Å². The van der Waals surface area contributed by atoms with E-state index < -0.39 is 0 Å². The first-order valence-corrected chi connectivity index (χ1v) is 7.08. The second-order valence-electron chi connectivity index (χ2n) is 5.39. The van der Waals surface area contributed by atoms with Crippen LogP contribution in [0.1, 0.15) is 19.5 Å². The number of carbonyl (C=O) groups is 1. The predicted octanol–water partition coefficient (Wildman–Crippen LogP) is 2.25. The highest BCUT2D eigenvalue weighted by molar-refractivity contribution is 5.79. The number of rotatable bonds is 3. The minimum absolute atomic E-state index is 0.364. The summed E-state index contributed by atoms with van der Waals surface area (Å²) in [5.41, 5.74) is 2.44. The van der Waals surface area contributed by atoms with Gasteiger partial charge in [0.1, 0.15) is 5.69 Å². The van der Waals surface area contributed by atoms with Crippen molar-refractivity contribution in [1.29, 1.82) is 0 Å². The van der Waals surface area contributed by atoms with Crippen LogP contribution in [-0.4, -0.2) is 36.0 Å². The Bertz CT molecular complexity index is 761. The molecule has 0 aliphatic rings. The van der Waals surface area contributed by atoms with Gasteiger partial charge in [-0.15, -0.1) is 10.2 Å². The molecule has 22 heavy (non-hydrogen) atoms. The van der Waals surface area contributed by atoms with Crippen LogP contribution >= 0.6 is 0 Å². The summed E-state index contributed by atoms with van der Waals surface area (Å²) in [7, 11) is 0. The van der Waals surface area contributed by atoms with E-state index in [4.69, 9.17) is 0 Å². The maximum Gasteiger partial charge on any atom is 0.372 e. The molecule has 0 bridgehead atoms. The fraction of sp³-hybridized carbons (Fsp3) is 0.267. The lowest BCUT2D eigenvalue weighted by molar-refractivity contribution is 0.236. The van der Waals surface area contributed by atoms with Gasteiger partial charge in [0.2, 0.25) is 0 Å². The summed E-state index contributed by atoms with van der Waals surface area (Å²) in [6, 6.07) is 9.34. The number of nitrogens with zero attached hydrogens (tertiary/aromatic N) is 6. The molecule has 0 fully saturated rings. The van der Waals surface area contributed by atoms with Crippen LogP contribution in [-0.2, 0) is 6.42 Å². The molecule has 0 radical (unpaired) electrons. The highest BCUT2D eigenvalue weighted by Crippen LogP contribution is 2.23. The van der Waals surface area contributed by atoms with Gasteiger partial charge in [0.25, 0.3) is 0 Å². The summed E-state index contributed by atoms with van der Waals surface area (Å²) >= 11 is 0. The first-order valence-electron chi connectivity index (χ1n) is 7.08. The number of hydrogen-bond donors (Lipinski definition) is 0. The molecule has 0 aliphatic carbocycles. The van der Waals surface area contributed by atoms with Gasteiger partial charge in [0.15, 0.2) is 0 Å². The Morgan fingerprint density at radius 1 is 1.18 bits per heavy atom. The van der Waals surface area contributed by atoms with Gasteiger partial charge < -0.3 is 0 Å². The molecule has 7 nitrogen and oxygen atoms in total. The van der Waals surface area contributed by atoms with Gasteiger partial charge in [-0.05, 0) is 12.3 Å². The molecule has 0 saturated carbocycles. The predicted molar refractivity (Wildman–Crippen MR) is 80.2 cm³/mol. The number of carbonyl (C=O) groups excluding carboxylic acids is 1. The Morgan fingerprint density at radius 3 is 2.59 bits per heavy atom. The maximum absolute atomic E-state index is 12.5. The summed E-state index contributed by atoms with van der Waals surface area (Å²) in [4.78, 5) is 12.5. The van der Waals surface area contributed by atoms with E-state index in [2.05, 4.69) is 34.5 Å². The summed E-state index contributed by atoms with van der Waals surface area (Å²) in [6.45, 7) is 4.18. The van der Waals surface area contributed by atoms with Crippen molar-refractivity contribution in [3.8, 4) is 11.3 Å². The van der Waals surface area contributed by atoms with Crippen LogP contribution in [0.15, 0.2) is 42.7 Å². The SMILES string of the molecule is CC(C)Cc1c(-c2ccccc2)nnn1C(=O)n1ccnn1. The van der Waals surface area contributed by atoms with E-state index in [-0.39, 0.29) is 6.03 Å². The van der Waals surface area contributed by atoms with Gasteiger partial charge in [0, 0.05) is 5.56 Å². The van der Waals surface area contributed by atoms with E-state index in [0.717, 1.165) is 21.6 Å². The molecule has 112 valence electrons. The largest absolute Gasteiger partial charge is 0.372 e. The molecule has 0 saturated heterocycles. The third-order valence-corrected chi connectivity index (χ3v) is 3.21. The van der Waals surface area contributed by atoms with E-state index >= 15 is 0 Å². The molecule has 1 aromatic carbocycles. The van der Waals surface area contributed by atoms with Crippen LogP contribution in [0.2, 0.25) is 0 Å². The fourth-order valence-corrected chi connectivity index (χ4v) is 2.25. The average molecular weight is 296 g/mol. The summed E-state index contributed by atoms with van der Waals surface area (Å²) in [5, 5.41) is 15.6. The number of benzene rings is 1. The van der Waals surface area contributed by atoms with Crippen molar-refractivity contribution >= 4 is 6.03 Å². The second kappa shape index (κ2) is 5.88. The van der Waals surface area contributed by atoms with Crippen LogP contribution in [0.3, 0.4) is 0 Å². The molecule has 3 rings (SSSR count). The maximum atomic E-state index is 12.5. The van der Waals surface area contributed by atoms with Crippen molar-refractivity contribution in [2.45, 2.75) is 20.3 Å². The molecule has 0 aliphatic heterocycles. The number of aromatic nitrogens is 6. The van der Waals surface area contributed by atoms with Gasteiger partial charge in [-0.1, -0.05) is 54.6 Å². The first-order chi connectivity index (χ1) is 10.7. The van der Waals surface area contributed by atoms with Crippen molar-refractivity contribution in [2.75, 3.05) is 0 Å². The minimum Gasteiger partial charge on any atom is -0.243 e. The molecule has 0 N–H and O–H groups in total. The lowest BCUT2D eigenvalue weighted by Crippen LogP contribution is -2.24. The van der Waals surface area contributed by atoms with Crippen molar-refractivity contribution in [1.82, 2.24) is 30.0 Å². The average Bonchev–Trinajstić information content (AvgIpc) is 3.16. The Balaban J connectivity index is 2.08. The van der Waals surface area contributed by atoms with Crippen LogP contribution < -0.4 is 0 Å². The summed E-state index contributed by atoms with van der Waals surface area (Å²) < 4.78 is 2.45. The fourth-order valence-electron chi connectivity index (χ4n) is 2.25. The molecule has 0 unspecified atom stereocenters. The minimum atomic E-state index is -0.386. The zero-order valence-electron chi connectivity index (χ0n) is 12.4. The van der Waals surface area contributed by atoms with Gasteiger partial charge in [0.05, 0.1) is 18.1 Å². The highest BCUT2D eigenvalue weighted by Gasteiger charge is 2.21. The summed E-state index contributed by atoms with van der Waals surface area (Å²) in [6.07, 6.45) is 3.64. The Labute approximate surface area is 127 Å². The molecular weight excluding hydrogens is 280 g/mol. The second-order valence-corrected chi connectivity index (χ2v) is 5.39. The van der Waals surface area contributed by atoms with Gasteiger partial charge in [-0.25, -0.2) is 4.79 Å². The van der Waals surface area contributed by atoms with Crippen LogP contribution in [0.4, 0.5) is 4.79 Å². The summed E-state index contributed by atoms with van der Waals surface area (Å²) in [5.74, 6) is 0.364. The van der Waals surface area contributed by atoms with Crippen LogP contribution in [0, 0.1) is 5.92 Å². The normalized spacial score (nSPS) is 11.0. The Kier molecular flexibility index (Phi) is 3.78. The van der Waals surface area contributed by atoms with Crippen molar-refractivity contribution in [2.24, 2.45) is 5.92 Å². The van der Waals surface area contributed by atoms with Crippen LogP contribution in [0.25, 0.3) is 11.3 Å². The van der Waals surface area contributed by atoms with Crippen LogP contribution in [0.5, 0.6) is 0 Å². The van der Waals surface area contributed by atoms with Crippen molar-refractivity contribution in [3.63, 3.8) is 0 Å². The van der Waals surface area contributed by atoms with E-state index in [1.54, 1.807) is 0 Å². The van der Waals surface area contributed by atoms with Crippen molar-refractivity contribution in [3.05, 3.63) is 48.4 Å². The quantitative estimate of drug-likeness (QED) is 0.740. The zero-order chi connectivity index (χ0) is 15.5. The van der Waals surface area contributed by atoms with Gasteiger partial charge in [-0.3, -0.25) is 0 Å². The van der Waals surface area contributed by atoms with E-state index in [0.29, 0.717) is 12.3 Å². The van der Waals surface area contributed by atoms with Crippen molar-refractivity contribution < 1.29 is 4.79 Å². The third kappa shape index (κ3) is 2.65. The van der Waals surface area contributed by atoms with E-state index in [9.17, 15) is 4.79 Å². The van der Waals surface area contributed by atoms with E-state index in [1.165, 1.54) is 17.1 Å². The molecule has 2 heterocycles. The standard InChI is InChI=1S/C15H16N6O/c1-11(2)10-13-14(12-6-4-3-5-7-12)17-19-21(13)15(22)20-9-8-16-18-20/h3-9,11H,10H2,1-2H3. The number of hydrogen-bond acceptors (Lipinski definition) is 5. The molecule has 2 aromatic heterocycles. The molecule has 3 aromatic rings. The molecule has 0 atom stereocenters. The molecule has 0 amide bonds. The lowest BCUT2D eigenvalue weighted by Gasteiger charge is -2.09. The molecular formula is C15H16N6O. The Hall–Kier alpha value is -2.83. The van der Waals surface area contributed by atoms with Gasteiger partial charge in [-0.2, -0.15) is 9.36 Å². The lowest BCUT2D eigenvalue weighted by atomic mass is 10.0.